The first-order chi connectivity index (χ1) is 14.1. The fraction of sp³-hybridized carbons (Fsp3) is 0.208. The number of carbonyl (C=O) groups is 1. The fourth-order valence-electron chi connectivity index (χ4n) is 3.98. The van der Waals surface area contributed by atoms with Gasteiger partial charge >= 0.3 is 0 Å². The van der Waals surface area contributed by atoms with Crippen molar-refractivity contribution in [2.24, 2.45) is 0 Å². The number of nitrogens with two attached hydrogens (primary N) is 1. The number of anilines is 1. The number of amides is 1. The normalized spacial score (nSPS) is 16.1. The lowest BCUT2D eigenvalue weighted by molar-refractivity contribution is 0.0736. The molecule has 1 aliphatic heterocycles. The van der Waals surface area contributed by atoms with Gasteiger partial charge in [-0.05, 0) is 54.3 Å². The fourth-order valence-corrected chi connectivity index (χ4v) is 4.24. The lowest BCUT2D eigenvalue weighted by Gasteiger charge is -2.26. The van der Waals surface area contributed by atoms with Crippen LogP contribution in [0.2, 0.25) is 5.02 Å². The van der Waals surface area contributed by atoms with Gasteiger partial charge in [0.2, 0.25) is 0 Å². The van der Waals surface area contributed by atoms with Crippen molar-refractivity contribution in [1.82, 2.24) is 4.90 Å². The van der Waals surface area contributed by atoms with Crippen molar-refractivity contribution in [3.8, 4) is 16.9 Å². The maximum Gasteiger partial charge on any atom is 0.254 e. The molecule has 1 atom stereocenters. The van der Waals surface area contributed by atoms with Crippen LogP contribution in [0.15, 0.2) is 66.7 Å². The van der Waals surface area contributed by atoms with Gasteiger partial charge in [0.15, 0.2) is 0 Å². The third-order valence-corrected chi connectivity index (χ3v) is 5.79. The molecule has 1 aliphatic rings. The Morgan fingerprint density at radius 1 is 1.10 bits per heavy atom. The van der Waals surface area contributed by atoms with Crippen molar-refractivity contribution < 1.29 is 9.53 Å². The number of hydrogen-bond donors (Lipinski definition) is 1. The van der Waals surface area contributed by atoms with Gasteiger partial charge in [-0.2, -0.15) is 0 Å². The Labute approximate surface area is 175 Å². The summed E-state index contributed by atoms with van der Waals surface area (Å²) >= 11 is 6.39. The molecule has 0 unspecified atom stereocenters. The van der Waals surface area contributed by atoms with Crippen molar-refractivity contribution >= 4 is 23.2 Å². The third kappa shape index (κ3) is 3.81. The molecule has 3 aromatic rings. The quantitative estimate of drug-likeness (QED) is 0.576. The Kier molecular flexibility index (Phi) is 5.45. The number of carbonyl (C=O) groups excluding carboxylic acids is 1. The number of benzene rings is 3. The van der Waals surface area contributed by atoms with Crippen LogP contribution in [0.4, 0.5) is 5.69 Å². The minimum Gasteiger partial charge on any atom is -0.496 e. The van der Waals surface area contributed by atoms with Crippen LogP contribution >= 0.6 is 11.6 Å². The molecule has 0 spiro atoms. The largest absolute Gasteiger partial charge is 0.496 e. The molecule has 4 rings (SSSR count). The van der Waals surface area contributed by atoms with E-state index < -0.39 is 0 Å². The van der Waals surface area contributed by atoms with Gasteiger partial charge in [-0.1, -0.05) is 41.9 Å². The van der Waals surface area contributed by atoms with E-state index in [1.165, 1.54) is 0 Å². The Bertz CT molecular complexity index is 1030. The van der Waals surface area contributed by atoms with Crippen molar-refractivity contribution in [2.75, 3.05) is 19.4 Å². The van der Waals surface area contributed by atoms with Gasteiger partial charge in [0.05, 0.1) is 13.2 Å². The minimum absolute atomic E-state index is 0.0214. The van der Waals surface area contributed by atoms with E-state index in [1.54, 1.807) is 13.2 Å². The zero-order valence-corrected chi connectivity index (χ0v) is 17.0. The summed E-state index contributed by atoms with van der Waals surface area (Å²) in [5, 5.41) is 0.711. The number of rotatable bonds is 4. The van der Waals surface area contributed by atoms with Crippen LogP contribution in [-0.2, 0) is 0 Å². The van der Waals surface area contributed by atoms with Crippen LogP contribution in [0.5, 0.6) is 5.75 Å². The Balaban J connectivity index is 1.59. The molecule has 0 bridgehead atoms. The van der Waals surface area contributed by atoms with E-state index in [0.29, 0.717) is 22.0 Å². The lowest BCUT2D eigenvalue weighted by atomic mass is 10.0. The van der Waals surface area contributed by atoms with Crippen molar-refractivity contribution in [3.05, 3.63) is 82.9 Å². The Morgan fingerprint density at radius 3 is 2.59 bits per heavy atom. The second-order valence-corrected chi connectivity index (χ2v) is 7.62. The zero-order valence-electron chi connectivity index (χ0n) is 16.3. The molecular weight excluding hydrogens is 384 g/mol. The minimum atomic E-state index is 0.0214. The number of nitrogens with zero attached hydrogens (tertiary/aromatic N) is 1. The van der Waals surface area contributed by atoms with Crippen molar-refractivity contribution in [1.29, 1.82) is 0 Å². The lowest BCUT2D eigenvalue weighted by Crippen LogP contribution is -2.30. The summed E-state index contributed by atoms with van der Waals surface area (Å²) in [5.74, 6) is 0.741. The molecule has 0 aliphatic carbocycles. The highest BCUT2D eigenvalue weighted by Crippen LogP contribution is 2.37. The van der Waals surface area contributed by atoms with Gasteiger partial charge in [-0.25, -0.2) is 0 Å². The van der Waals surface area contributed by atoms with Crippen LogP contribution in [-0.4, -0.2) is 24.5 Å². The average molecular weight is 407 g/mol. The van der Waals surface area contributed by atoms with E-state index in [4.69, 9.17) is 22.1 Å². The number of halogens is 1. The first-order valence-electron chi connectivity index (χ1n) is 9.68. The standard InChI is InChI=1S/C24H23ClN2O2/c1-29-23-15-18(26)12-13-19(23)16-8-10-17(11-9-16)24(28)27-14-4-7-22(27)20-5-2-3-6-21(20)25/h2-3,5-6,8-13,15,22H,4,7,14,26H2,1H3/t22-/m1/s1. The maximum absolute atomic E-state index is 13.2. The first kappa shape index (κ1) is 19.3. The van der Waals surface area contributed by atoms with E-state index in [9.17, 15) is 4.79 Å². The summed E-state index contributed by atoms with van der Waals surface area (Å²) in [5.41, 5.74) is 10.1. The molecule has 1 amide bonds. The SMILES string of the molecule is COc1cc(N)ccc1-c1ccc(C(=O)N2CCC[C@@H]2c2ccccc2Cl)cc1. The van der Waals surface area contributed by atoms with Crippen LogP contribution in [0.3, 0.4) is 0 Å². The second kappa shape index (κ2) is 8.18. The molecule has 0 aromatic heterocycles. The van der Waals surface area contributed by atoms with E-state index >= 15 is 0 Å². The first-order valence-corrected chi connectivity index (χ1v) is 10.1. The average Bonchev–Trinajstić information content (AvgIpc) is 3.23. The van der Waals surface area contributed by atoms with Crippen LogP contribution in [0, 0.1) is 0 Å². The van der Waals surface area contributed by atoms with E-state index in [0.717, 1.165) is 36.1 Å². The third-order valence-electron chi connectivity index (χ3n) is 5.45. The molecule has 2 N–H and O–H groups in total. The summed E-state index contributed by atoms with van der Waals surface area (Å²) in [7, 11) is 1.62. The number of ether oxygens (including phenoxy) is 1. The molecule has 0 radical (unpaired) electrons. The smallest absolute Gasteiger partial charge is 0.254 e. The predicted octanol–water partition coefficient (Wildman–Crippen LogP) is 5.58. The van der Waals surface area contributed by atoms with Gasteiger partial charge < -0.3 is 15.4 Å². The van der Waals surface area contributed by atoms with Crippen LogP contribution < -0.4 is 10.5 Å². The molecule has 1 fully saturated rings. The Morgan fingerprint density at radius 2 is 1.86 bits per heavy atom. The maximum atomic E-state index is 13.2. The molecule has 148 valence electrons. The summed E-state index contributed by atoms with van der Waals surface area (Å²) in [4.78, 5) is 15.1. The molecule has 29 heavy (non-hydrogen) atoms. The summed E-state index contributed by atoms with van der Waals surface area (Å²) in [6.07, 6.45) is 1.90. The second-order valence-electron chi connectivity index (χ2n) is 7.22. The number of methoxy groups -OCH3 is 1. The van der Waals surface area contributed by atoms with E-state index in [-0.39, 0.29) is 11.9 Å². The van der Waals surface area contributed by atoms with Gasteiger partial charge in [-0.3, -0.25) is 4.79 Å². The highest BCUT2D eigenvalue weighted by Gasteiger charge is 2.31. The highest BCUT2D eigenvalue weighted by molar-refractivity contribution is 6.31. The molecule has 4 nitrogen and oxygen atoms in total. The van der Waals surface area contributed by atoms with Gasteiger partial charge in [0, 0.05) is 34.4 Å². The molecule has 0 saturated carbocycles. The van der Waals surface area contributed by atoms with E-state index in [1.807, 2.05) is 65.6 Å². The molecule has 3 aromatic carbocycles. The number of likely N-dealkylation sites (tertiary alicyclic amines) is 1. The van der Waals surface area contributed by atoms with Crippen LogP contribution in [0.25, 0.3) is 11.1 Å². The summed E-state index contributed by atoms with van der Waals surface area (Å²) in [6, 6.07) is 21.0. The number of nitrogen functional groups attached to an aromatic ring is 1. The highest BCUT2D eigenvalue weighted by atomic mass is 35.5. The molecule has 1 saturated heterocycles. The van der Waals surface area contributed by atoms with Gasteiger partial charge in [0.25, 0.3) is 5.91 Å². The zero-order chi connectivity index (χ0) is 20.4. The number of hydrogen-bond acceptors (Lipinski definition) is 3. The van der Waals surface area contributed by atoms with Gasteiger partial charge in [0.1, 0.15) is 5.75 Å². The summed E-state index contributed by atoms with van der Waals surface area (Å²) in [6.45, 7) is 0.738. The summed E-state index contributed by atoms with van der Waals surface area (Å²) < 4.78 is 5.45. The Hall–Kier alpha value is -2.98. The van der Waals surface area contributed by atoms with E-state index in [2.05, 4.69) is 0 Å². The monoisotopic (exact) mass is 406 g/mol. The topological polar surface area (TPSA) is 55.6 Å². The van der Waals surface area contributed by atoms with Gasteiger partial charge in [-0.15, -0.1) is 0 Å². The molecule has 5 heteroatoms. The van der Waals surface area contributed by atoms with Crippen LogP contribution in [0.1, 0.15) is 34.8 Å². The molecule has 1 heterocycles. The van der Waals surface area contributed by atoms with Crippen molar-refractivity contribution in [3.63, 3.8) is 0 Å². The molecular formula is C24H23ClN2O2. The predicted molar refractivity (Wildman–Crippen MR) is 117 cm³/mol. The van der Waals surface area contributed by atoms with Crippen molar-refractivity contribution in [2.45, 2.75) is 18.9 Å².